The van der Waals surface area contributed by atoms with Crippen LogP contribution in [0.2, 0.25) is 0 Å². The van der Waals surface area contributed by atoms with E-state index in [0.29, 0.717) is 11.3 Å². The monoisotopic (exact) mass is 383 g/mol. The lowest BCUT2D eigenvalue weighted by atomic mass is 10.1. The molecule has 3 rings (SSSR count). The Hall–Kier alpha value is -1.37. The van der Waals surface area contributed by atoms with Gasteiger partial charge < -0.3 is 9.72 Å². The van der Waals surface area contributed by atoms with E-state index in [2.05, 4.69) is 27.6 Å². The summed E-state index contributed by atoms with van der Waals surface area (Å²) in [6.45, 7) is 1.98. The summed E-state index contributed by atoms with van der Waals surface area (Å²) in [4.78, 5) is 27.2. The lowest BCUT2D eigenvalue weighted by Crippen LogP contribution is -2.18. The van der Waals surface area contributed by atoms with Crippen molar-refractivity contribution in [2.45, 2.75) is 25.7 Å². The molecule has 0 radical (unpaired) electrons. The van der Waals surface area contributed by atoms with Gasteiger partial charge in [-0.15, -0.1) is 0 Å². The number of fused-ring (bicyclic) bond motifs is 1. The van der Waals surface area contributed by atoms with Crippen molar-refractivity contribution in [3.63, 3.8) is 0 Å². The number of carbonyl (C=O) groups is 1. The maximum atomic E-state index is 12.4. The second kappa shape index (κ2) is 5.20. The Bertz CT molecular complexity index is 747. The van der Waals surface area contributed by atoms with E-state index in [9.17, 15) is 9.59 Å². The van der Waals surface area contributed by atoms with E-state index >= 15 is 0 Å². The van der Waals surface area contributed by atoms with Crippen LogP contribution >= 0.6 is 22.6 Å². The predicted octanol–water partition coefficient (Wildman–Crippen LogP) is 3.19. The van der Waals surface area contributed by atoms with Crippen LogP contribution in [0, 0.1) is 3.57 Å². The molecule has 0 atom stereocenters. The van der Waals surface area contributed by atoms with Gasteiger partial charge in [-0.2, -0.15) is 0 Å². The van der Waals surface area contributed by atoms with Crippen molar-refractivity contribution in [1.82, 2.24) is 4.98 Å². The molecule has 1 N–H and O–H groups in total. The van der Waals surface area contributed by atoms with Gasteiger partial charge in [0.15, 0.2) is 0 Å². The van der Waals surface area contributed by atoms with Gasteiger partial charge in [-0.05, 0) is 66.0 Å². The zero-order chi connectivity index (χ0) is 14.3. The number of rotatable bonds is 3. The molecule has 20 heavy (non-hydrogen) atoms. The molecule has 1 saturated carbocycles. The second-order valence-corrected chi connectivity index (χ2v) is 6.11. The number of aromatic amines is 1. The molecule has 1 aromatic heterocycles. The Morgan fingerprint density at radius 1 is 1.45 bits per heavy atom. The summed E-state index contributed by atoms with van der Waals surface area (Å²) in [7, 11) is 0. The zero-order valence-electron chi connectivity index (χ0n) is 11.0. The minimum Gasteiger partial charge on any atom is -0.462 e. The standard InChI is InChI=1S/C15H14INO3/c1-2-20-15(19)11-7-17-13-6-9(8-3-4-8)12(16)5-10(13)14(11)18/h5-8H,2-4H2,1H3,(H,17,18). The highest BCUT2D eigenvalue weighted by molar-refractivity contribution is 14.1. The molecule has 1 aliphatic carbocycles. The summed E-state index contributed by atoms with van der Waals surface area (Å²) in [5.41, 5.74) is 1.87. The van der Waals surface area contributed by atoms with Crippen molar-refractivity contribution >= 4 is 39.5 Å². The number of hydrogen-bond donors (Lipinski definition) is 1. The second-order valence-electron chi connectivity index (χ2n) is 4.95. The molecule has 104 valence electrons. The topological polar surface area (TPSA) is 59.2 Å². The molecular weight excluding hydrogens is 369 g/mol. The van der Waals surface area contributed by atoms with Crippen LogP contribution in [-0.2, 0) is 4.74 Å². The molecule has 0 unspecified atom stereocenters. The summed E-state index contributed by atoms with van der Waals surface area (Å²) >= 11 is 2.26. The predicted molar refractivity (Wildman–Crippen MR) is 85.2 cm³/mol. The zero-order valence-corrected chi connectivity index (χ0v) is 13.2. The van der Waals surface area contributed by atoms with Gasteiger partial charge in [0.25, 0.3) is 0 Å². The Balaban J connectivity index is 2.15. The Morgan fingerprint density at radius 2 is 2.20 bits per heavy atom. The number of aromatic nitrogens is 1. The average molecular weight is 383 g/mol. The highest BCUT2D eigenvalue weighted by atomic mass is 127. The van der Waals surface area contributed by atoms with Crippen LogP contribution in [0.15, 0.2) is 23.1 Å². The van der Waals surface area contributed by atoms with Gasteiger partial charge in [0.1, 0.15) is 5.56 Å². The molecule has 4 nitrogen and oxygen atoms in total. The minimum absolute atomic E-state index is 0.0642. The van der Waals surface area contributed by atoms with Crippen LogP contribution in [0.3, 0.4) is 0 Å². The summed E-state index contributed by atoms with van der Waals surface area (Å²) < 4.78 is 5.99. The van der Waals surface area contributed by atoms with Crippen LogP contribution in [0.1, 0.15) is 41.6 Å². The van der Waals surface area contributed by atoms with E-state index in [1.165, 1.54) is 24.6 Å². The number of esters is 1. The third-order valence-corrected chi connectivity index (χ3v) is 4.44. The number of hydrogen-bond acceptors (Lipinski definition) is 3. The fraction of sp³-hybridized carbons (Fsp3) is 0.333. The van der Waals surface area contributed by atoms with E-state index in [-0.39, 0.29) is 17.6 Å². The van der Waals surface area contributed by atoms with Gasteiger partial charge in [0.2, 0.25) is 5.43 Å². The van der Waals surface area contributed by atoms with Crippen LogP contribution in [0.25, 0.3) is 10.9 Å². The van der Waals surface area contributed by atoms with Crippen molar-refractivity contribution in [1.29, 1.82) is 0 Å². The first kappa shape index (κ1) is 13.6. The third-order valence-electron chi connectivity index (χ3n) is 3.51. The van der Waals surface area contributed by atoms with E-state index in [1.807, 2.05) is 12.1 Å². The lowest BCUT2D eigenvalue weighted by Gasteiger charge is -2.07. The lowest BCUT2D eigenvalue weighted by molar-refractivity contribution is 0.0524. The third kappa shape index (κ3) is 2.34. The van der Waals surface area contributed by atoms with Crippen LogP contribution in [0.4, 0.5) is 0 Å². The molecule has 0 amide bonds. The molecule has 1 aromatic carbocycles. The maximum Gasteiger partial charge on any atom is 0.343 e. The number of nitrogens with one attached hydrogen (secondary N) is 1. The van der Waals surface area contributed by atoms with E-state index in [4.69, 9.17) is 4.74 Å². The van der Waals surface area contributed by atoms with Gasteiger partial charge in [0, 0.05) is 20.7 Å². The molecule has 0 spiro atoms. The van der Waals surface area contributed by atoms with Gasteiger partial charge in [-0.25, -0.2) is 4.79 Å². The molecule has 0 saturated heterocycles. The smallest absolute Gasteiger partial charge is 0.343 e. The van der Waals surface area contributed by atoms with Crippen molar-refractivity contribution in [2.24, 2.45) is 0 Å². The number of benzene rings is 1. The Labute approximate surface area is 129 Å². The number of ether oxygens (including phenoxy) is 1. The molecule has 1 heterocycles. The first-order valence-corrected chi connectivity index (χ1v) is 7.71. The maximum absolute atomic E-state index is 12.4. The molecule has 0 bridgehead atoms. The fourth-order valence-corrected chi connectivity index (χ4v) is 3.23. The number of halogens is 1. The molecule has 0 aliphatic heterocycles. The van der Waals surface area contributed by atoms with Gasteiger partial charge in [-0.3, -0.25) is 4.79 Å². The SMILES string of the molecule is CCOC(=O)c1c[nH]c2cc(C3CC3)c(I)cc2c1=O. The van der Waals surface area contributed by atoms with Gasteiger partial charge in [0.05, 0.1) is 6.61 Å². The Morgan fingerprint density at radius 3 is 2.85 bits per heavy atom. The summed E-state index contributed by atoms with van der Waals surface area (Å²) in [5.74, 6) is 0.0523. The first-order valence-electron chi connectivity index (χ1n) is 6.63. The average Bonchev–Trinajstić information content (AvgIpc) is 3.24. The van der Waals surface area contributed by atoms with Crippen molar-refractivity contribution in [3.8, 4) is 0 Å². The van der Waals surface area contributed by atoms with E-state index < -0.39 is 5.97 Å². The normalized spacial score (nSPS) is 14.5. The summed E-state index contributed by atoms with van der Waals surface area (Å²) in [6, 6.07) is 3.90. The summed E-state index contributed by atoms with van der Waals surface area (Å²) in [5, 5.41) is 0.546. The number of pyridine rings is 1. The quantitative estimate of drug-likeness (QED) is 0.654. The van der Waals surface area contributed by atoms with Crippen LogP contribution in [-0.4, -0.2) is 17.6 Å². The molecular formula is C15H14INO3. The summed E-state index contributed by atoms with van der Waals surface area (Å²) in [6.07, 6.45) is 3.88. The van der Waals surface area contributed by atoms with Crippen LogP contribution < -0.4 is 5.43 Å². The van der Waals surface area contributed by atoms with E-state index in [0.717, 1.165) is 9.09 Å². The first-order chi connectivity index (χ1) is 9.61. The largest absolute Gasteiger partial charge is 0.462 e. The van der Waals surface area contributed by atoms with Gasteiger partial charge >= 0.3 is 5.97 Å². The highest BCUT2D eigenvalue weighted by Gasteiger charge is 2.26. The van der Waals surface area contributed by atoms with Crippen molar-refractivity contribution in [3.05, 3.63) is 43.2 Å². The molecule has 2 aromatic rings. The molecule has 5 heteroatoms. The van der Waals surface area contributed by atoms with Crippen molar-refractivity contribution in [2.75, 3.05) is 6.61 Å². The number of H-pyrrole nitrogens is 1. The number of carbonyl (C=O) groups excluding carboxylic acids is 1. The van der Waals surface area contributed by atoms with Gasteiger partial charge in [-0.1, -0.05) is 0 Å². The molecule has 1 aliphatic rings. The van der Waals surface area contributed by atoms with Crippen molar-refractivity contribution < 1.29 is 9.53 Å². The highest BCUT2D eigenvalue weighted by Crippen LogP contribution is 2.42. The van der Waals surface area contributed by atoms with Crippen LogP contribution in [0.5, 0.6) is 0 Å². The molecule has 1 fully saturated rings. The van der Waals surface area contributed by atoms with E-state index in [1.54, 1.807) is 6.92 Å². The minimum atomic E-state index is -0.572. The fourth-order valence-electron chi connectivity index (χ4n) is 2.33. The Kier molecular flexibility index (Phi) is 3.54.